The molecule has 3 heterocycles. The van der Waals surface area contributed by atoms with Crippen molar-refractivity contribution in [3.05, 3.63) is 48.7 Å². The van der Waals surface area contributed by atoms with E-state index in [0.717, 1.165) is 12.3 Å². The Bertz CT molecular complexity index is 673. The summed E-state index contributed by atoms with van der Waals surface area (Å²) in [5.74, 6) is -1.55. The second-order valence-electron chi connectivity index (χ2n) is 3.40. The molecule has 3 aromatic heterocycles. The molecule has 0 bridgehead atoms. The lowest BCUT2D eigenvalue weighted by atomic mass is 10.1. The topological polar surface area (TPSA) is 43.1 Å². The molecule has 0 saturated heterocycles. The minimum atomic E-state index is -0.870. The Morgan fingerprint density at radius 1 is 1.12 bits per heavy atom. The van der Waals surface area contributed by atoms with Crippen LogP contribution in [-0.2, 0) is 0 Å². The summed E-state index contributed by atoms with van der Waals surface area (Å²) in [6.07, 6.45) is 5.63. The summed E-state index contributed by atoms with van der Waals surface area (Å²) in [5, 5.41) is 3.97. The van der Waals surface area contributed by atoms with E-state index in [9.17, 15) is 8.78 Å². The summed E-state index contributed by atoms with van der Waals surface area (Å²) in [7, 11) is 0. The van der Waals surface area contributed by atoms with Gasteiger partial charge in [0.25, 0.3) is 0 Å². The lowest BCUT2D eigenvalue weighted by Gasteiger charge is -2.01. The van der Waals surface area contributed by atoms with Crippen LogP contribution in [0.5, 0.6) is 0 Å². The van der Waals surface area contributed by atoms with Crippen molar-refractivity contribution in [2.24, 2.45) is 0 Å². The zero-order chi connectivity index (χ0) is 11.8. The Balaban J connectivity index is 2.35. The van der Waals surface area contributed by atoms with E-state index in [1.807, 2.05) is 0 Å². The first-order chi connectivity index (χ1) is 8.27. The Hall–Kier alpha value is -2.37. The standard InChI is InChI=1S/C11H6F2N4/c12-8-2-4-14-10(13)9(8)7-6-16-17-5-1-3-15-11(7)17/h1-6H. The largest absolute Gasteiger partial charge is 0.236 e. The summed E-state index contributed by atoms with van der Waals surface area (Å²) in [6.45, 7) is 0. The highest BCUT2D eigenvalue weighted by atomic mass is 19.1. The lowest BCUT2D eigenvalue weighted by Crippen LogP contribution is -1.94. The van der Waals surface area contributed by atoms with Crippen molar-refractivity contribution in [3.63, 3.8) is 0 Å². The van der Waals surface area contributed by atoms with Gasteiger partial charge in [0.15, 0.2) is 5.65 Å². The van der Waals surface area contributed by atoms with Crippen molar-refractivity contribution in [2.45, 2.75) is 0 Å². The fraction of sp³-hybridized carbons (Fsp3) is 0. The van der Waals surface area contributed by atoms with Gasteiger partial charge in [-0.15, -0.1) is 0 Å². The zero-order valence-electron chi connectivity index (χ0n) is 8.51. The van der Waals surface area contributed by atoms with Crippen molar-refractivity contribution in [1.29, 1.82) is 0 Å². The predicted octanol–water partition coefficient (Wildman–Crippen LogP) is 2.07. The van der Waals surface area contributed by atoms with Crippen LogP contribution in [0.1, 0.15) is 0 Å². The number of hydrogen-bond acceptors (Lipinski definition) is 3. The normalized spacial score (nSPS) is 10.9. The molecule has 0 aromatic carbocycles. The highest BCUT2D eigenvalue weighted by molar-refractivity contribution is 5.76. The van der Waals surface area contributed by atoms with Crippen molar-refractivity contribution >= 4 is 5.65 Å². The van der Waals surface area contributed by atoms with Gasteiger partial charge in [0, 0.05) is 18.6 Å². The van der Waals surface area contributed by atoms with Gasteiger partial charge in [0.05, 0.1) is 17.3 Å². The number of nitrogens with zero attached hydrogens (tertiary/aromatic N) is 4. The number of halogens is 2. The van der Waals surface area contributed by atoms with Gasteiger partial charge >= 0.3 is 0 Å². The van der Waals surface area contributed by atoms with Crippen molar-refractivity contribution in [2.75, 3.05) is 0 Å². The van der Waals surface area contributed by atoms with Gasteiger partial charge in [-0.3, -0.25) is 0 Å². The molecule has 3 rings (SSSR count). The predicted molar refractivity (Wildman–Crippen MR) is 56.1 cm³/mol. The van der Waals surface area contributed by atoms with E-state index in [4.69, 9.17) is 0 Å². The summed E-state index contributed by atoms with van der Waals surface area (Å²) in [4.78, 5) is 7.47. The van der Waals surface area contributed by atoms with E-state index in [1.54, 1.807) is 12.3 Å². The summed E-state index contributed by atoms with van der Waals surface area (Å²) < 4.78 is 28.6. The number of fused-ring (bicyclic) bond motifs is 1. The second-order valence-corrected chi connectivity index (χ2v) is 3.40. The third-order valence-electron chi connectivity index (χ3n) is 2.40. The molecule has 3 aromatic rings. The Morgan fingerprint density at radius 2 is 2.00 bits per heavy atom. The van der Waals surface area contributed by atoms with Gasteiger partial charge in [0.2, 0.25) is 5.95 Å². The summed E-state index contributed by atoms with van der Waals surface area (Å²) >= 11 is 0. The van der Waals surface area contributed by atoms with E-state index < -0.39 is 11.8 Å². The molecule has 0 radical (unpaired) electrons. The van der Waals surface area contributed by atoms with Gasteiger partial charge in [0.1, 0.15) is 5.82 Å². The van der Waals surface area contributed by atoms with E-state index in [0.29, 0.717) is 5.65 Å². The molecular formula is C11H6F2N4. The first kappa shape index (κ1) is 9.83. The Kier molecular flexibility index (Phi) is 2.07. The molecule has 0 N–H and O–H groups in total. The Labute approximate surface area is 94.6 Å². The van der Waals surface area contributed by atoms with Crippen LogP contribution in [0.25, 0.3) is 16.8 Å². The quantitative estimate of drug-likeness (QED) is 0.603. The third kappa shape index (κ3) is 1.45. The third-order valence-corrected chi connectivity index (χ3v) is 2.40. The minimum absolute atomic E-state index is 0.207. The molecule has 0 atom stereocenters. The van der Waals surface area contributed by atoms with E-state index in [2.05, 4.69) is 15.1 Å². The van der Waals surface area contributed by atoms with E-state index >= 15 is 0 Å². The van der Waals surface area contributed by atoms with Crippen LogP contribution < -0.4 is 0 Å². The average molecular weight is 232 g/mol. The molecule has 0 amide bonds. The zero-order valence-corrected chi connectivity index (χ0v) is 8.51. The van der Waals surface area contributed by atoms with E-state index in [-0.39, 0.29) is 11.1 Å². The smallest absolute Gasteiger partial charge is 0.223 e. The first-order valence-corrected chi connectivity index (χ1v) is 4.86. The molecule has 0 aliphatic carbocycles. The average Bonchev–Trinajstić information content (AvgIpc) is 2.73. The second kappa shape index (κ2) is 3.58. The Morgan fingerprint density at radius 3 is 2.82 bits per heavy atom. The van der Waals surface area contributed by atoms with Crippen molar-refractivity contribution in [1.82, 2.24) is 19.6 Å². The molecule has 0 fully saturated rings. The molecule has 0 unspecified atom stereocenters. The van der Waals surface area contributed by atoms with Crippen LogP contribution >= 0.6 is 0 Å². The minimum Gasteiger partial charge on any atom is -0.236 e. The van der Waals surface area contributed by atoms with Gasteiger partial charge < -0.3 is 0 Å². The lowest BCUT2D eigenvalue weighted by molar-refractivity contribution is 0.558. The molecular weight excluding hydrogens is 226 g/mol. The highest BCUT2D eigenvalue weighted by Gasteiger charge is 2.17. The summed E-state index contributed by atoms with van der Waals surface area (Å²) in [6, 6.07) is 2.78. The van der Waals surface area contributed by atoms with Crippen LogP contribution in [0.2, 0.25) is 0 Å². The van der Waals surface area contributed by atoms with Crippen molar-refractivity contribution < 1.29 is 8.78 Å². The first-order valence-electron chi connectivity index (χ1n) is 4.86. The SMILES string of the molecule is Fc1ccnc(F)c1-c1cnn2cccnc12. The van der Waals surface area contributed by atoms with Crippen LogP contribution in [0, 0.1) is 11.8 Å². The molecule has 0 spiro atoms. The molecule has 0 aliphatic heterocycles. The number of rotatable bonds is 1. The van der Waals surface area contributed by atoms with E-state index in [1.165, 1.54) is 16.9 Å². The molecule has 17 heavy (non-hydrogen) atoms. The highest BCUT2D eigenvalue weighted by Crippen LogP contribution is 2.27. The van der Waals surface area contributed by atoms with Crippen LogP contribution in [0.15, 0.2) is 36.9 Å². The van der Waals surface area contributed by atoms with Gasteiger partial charge in [-0.25, -0.2) is 18.9 Å². The maximum atomic E-state index is 13.6. The molecule has 6 heteroatoms. The van der Waals surface area contributed by atoms with Crippen LogP contribution in [0.4, 0.5) is 8.78 Å². The molecule has 84 valence electrons. The van der Waals surface area contributed by atoms with Gasteiger partial charge in [-0.05, 0) is 12.1 Å². The molecule has 0 saturated carbocycles. The number of aromatic nitrogens is 4. The molecule has 4 nitrogen and oxygen atoms in total. The fourth-order valence-electron chi connectivity index (χ4n) is 1.66. The number of pyridine rings is 1. The number of hydrogen-bond donors (Lipinski definition) is 0. The fourth-order valence-corrected chi connectivity index (χ4v) is 1.66. The maximum Gasteiger partial charge on any atom is 0.223 e. The van der Waals surface area contributed by atoms with Gasteiger partial charge in [-0.1, -0.05) is 0 Å². The van der Waals surface area contributed by atoms with Gasteiger partial charge in [-0.2, -0.15) is 9.49 Å². The maximum absolute atomic E-state index is 13.6. The molecule has 0 aliphatic rings. The summed E-state index contributed by atoms with van der Waals surface area (Å²) in [5.41, 5.74) is 0.466. The monoisotopic (exact) mass is 232 g/mol. The van der Waals surface area contributed by atoms with Crippen LogP contribution in [-0.4, -0.2) is 19.6 Å². The van der Waals surface area contributed by atoms with Crippen LogP contribution in [0.3, 0.4) is 0 Å². The van der Waals surface area contributed by atoms with Crippen molar-refractivity contribution in [3.8, 4) is 11.1 Å².